The molecule has 4 rings (SSSR count). The van der Waals surface area contributed by atoms with E-state index in [9.17, 15) is 9.59 Å². The van der Waals surface area contributed by atoms with Gasteiger partial charge in [-0.1, -0.05) is 18.2 Å². The summed E-state index contributed by atoms with van der Waals surface area (Å²) in [6.07, 6.45) is 4.10. The van der Waals surface area contributed by atoms with E-state index < -0.39 is 0 Å². The maximum atomic E-state index is 12.7. The van der Waals surface area contributed by atoms with Gasteiger partial charge in [-0.15, -0.1) is 0 Å². The Balaban J connectivity index is 1.54. The Labute approximate surface area is 155 Å². The topological polar surface area (TPSA) is 91.3 Å². The highest BCUT2D eigenvalue weighted by Gasteiger charge is 2.22. The second-order valence-electron chi connectivity index (χ2n) is 6.20. The average Bonchev–Trinajstić information content (AvgIpc) is 2.74. The van der Waals surface area contributed by atoms with E-state index in [4.69, 9.17) is 0 Å². The smallest absolute Gasteiger partial charge is 0.272 e. The van der Waals surface area contributed by atoms with Crippen LogP contribution in [0, 0.1) is 0 Å². The van der Waals surface area contributed by atoms with Crippen LogP contribution >= 0.6 is 0 Å². The van der Waals surface area contributed by atoms with Crippen molar-refractivity contribution in [3.8, 4) is 0 Å². The Morgan fingerprint density at radius 1 is 1.00 bits per heavy atom. The lowest BCUT2D eigenvalue weighted by Gasteiger charge is -2.32. The molecular weight excluding hydrogens is 344 g/mol. The first-order chi connectivity index (χ1) is 13.2. The largest absolute Gasteiger partial charge is 0.342 e. The Morgan fingerprint density at radius 3 is 2.63 bits per heavy atom. The third-order valence-electron chi connectivity index (χ3n) is 4.50. The van der Waals surface area contributed by atoms with Gasteiger partial charge in [0.2, 0.25) is 12.4 Å². The van der Waals surface area contributed by atoms with E-state index in [-0.39, 0.29) is 5.91 Å². The Morgan fingerprint density at radius 2 is 1.81 bits per heavy atom. The minimum atomic E-state index is -0.165. The Hall–Kier alpha value is -3.55. The van der Waals surface area contributed by atoms with Crippen LogP contribution in [-0.2, 0) is 4.79 Å². The van der Waals surface area contributed by atoms with E-state index in [1.807, 2.05) is 30.3 Å². The molecule has 0 saturated carbocycles. The number of amides is 2. The number of anilines is 2. The van der Waals surface area contributed by atoms with E-state index in [2.05, 4.69) is 20.3 Å². The summed E-state index contributed by atoms with van der Waals surface area (Å²) in [6.45, 7) is 2.06. The van der Waals surface area contributed by atoms with E-state index >= 15 is 0 Å². The molecule has 1 N–H and O–H groups in total. The van der Waals surface area contributed by atoms with Gasteiger partial charge in [0, 0.05) is 44.0 Å². The number of hydrogen-bond acceptors (Lipinski definition) is 6. The molecule has 136 valence electrons. The molecule has 1 saturated heterocycles. The van der Waals surface area contributed by atoms with Gasteiger partial charge in [-0.3, -0.25) is 14.6 Å². The van der Waals surface area contributed by atoms with Crippen LogP contribution < -0.4 is 5.32 Å². The van der Waals surface area contributed by atoms with Gasteiger partial charge >= 0.3 is 0 Å². The minimum Gasteiger partial charge on any atom is -0.342 e. The van der Waals surface area contributed by atoms with Crippen molar-refractivity contribution >= 4 is 34.9 Å². The zero-order valence-corrected chi connectivity index (χ0v) is 14.6. The number of carbonyl (C=O) groups is 2. The number of piperazine rings is 1. The zero-order chi connectivity index (χ0) is 18.6. The van der Waals surface area contributed by atoms with Crippen LogP contribution in [0.25, 0.3) is 10.9 Å². The van der Waals surface area contributed by atoms with Crippen molar-refractivity contribution in [2.24, 2.45) is 0 Å². The summed E-state index contributed by atoms with van der Waals surface area (Å²) in [5.41, 5.74) is 1.91. The van der Waals surface area contributed by atoms with Crippen molar-refractivity contribution in [1.29, 1.82) is 0 Å². The molecule has 0 bridgehead atoms. The summed E-state index contributed by atoms with van der Waals surface area (Å²) in [6, 6.07) is 11.3. The molecule has 1 fully saturated rings. The molecule has 0 aliphatic carbocycles. The van der Waals surface area contributed by atoms with Crippen molar-refractivity contribution in [3.63, 3.8) is 0 Å². The van der Waals surface area contributed by atoms with Gasteiger partial charge in [0.15, 0.2) is 0 Å². The van der Waals surface area contributed by atoms with Crippen LogP contribution in [0.1, 0.15) is 10.5 Å². The minimum absolute atomic E-state index is 0.165. The van der Waals surface area contributed by atoms with Crippen LogP contribution in [0.15, 0.2) is 48.8 Å². The lowest BCUT2D eigenvalue weighted by atomic mass is 10.2. The molecule has 1 aliphatic rings. The quantitative estimate of drug-likeness (QED) is 0.710. The number of benzene rings is 1. The molecule has 1 aromatic carbocycles. The van der Waals surface area contributed by atoms with Gasteiger partial charge in [0.05, 0.1) is 11.2 Å². The third-order valence-corrected chi connectivity index (χ3v) is 4.50. The first-order valence-corrected chi connectivity index (χ1v) is 8.67. The molecule has 8 heteroatoms. The van der Waals surface area contributed by atoms with E-state index in [0.717, 1.165) is 23.0 Å². The van der Waals surface area contributed by atoms with Crippen LogP contribution in [0.5, 0.6) is 0 Å². The van der Waals surface area contributed by atoms with Crippen LogP contribution in [-0.4, -0.2) is 63.2 Å². The van der Waals surface area contributed by atoms with Gasteiger partial charge in [-0.2, -0.15) is 0 Å². The number of rotatable bonds is 4. The van der Waals surface area contributed by atoms with Gasteiger partial charge in [-0.05, 0) is 18.2 Å². The molecule has 2 amide bonds. The number of carbonyl (C=O) groups excluding carboxylic acids is 2. The number of aromatic nitrogens is 3. The monoisotopic (exact) mass is 362 g/mol. The molecular formula is C19H18N6O2. The van der Waals surface area contributed by atoms with Crippen LogP contribution in [0.4, 0.5) is 11.6 Å². The SMILES string of the molecule is O=CN1CCN(C(=O)c2ccnc(Nc3cccc4cccnc34)n2)CC1. The highest BCUT2D eigenvalue weighted by Crippen LogP contribution is 2.23. The number of fused-ring (bicyclic) bond motifs is 1. The summed E-state index contributed by atoms with van der Waals surface area (Å²) in [5.74, 6) is 0.174. The number of pyridine rings is 1. The molecule has 8 nitrogen and oxygen atoms in total. The third kappa shape index (κ3) is 3.55. The first kappa shape index (κ1) is 16.9. The van der Waals surface area contributed by atoms with Gasteiger partial charge in [0.25, 0.3) is 5.91 Å². The fourth-order valence-electron chi connectivity index (χ4n) is 3.06. The van der Waals surface area contributed by atoms with Crippen molar-refractivity contribution in [1.82, 2.24) is 24.8 Å². The molecule has 0 atom stereocenters. The second-order valence-corrected chi connectivity index (χ2v) is 6.20. The fraction of sp³-hybridized carbons (Fsp3) is 0.211. The number of nitrogens with one attached hydrogen (secondary N) is 1. The van der Waals surface area contributed by atoms with Crippen molar-refractivity contribution < 1.29 is 9.59 Å². The standard InChI is InChI=1S/C19H18N6O2/c26-13-24-9-11-25(12-10-24)18(27)16-6-8-21-19(23-16)22-15-5-1-3-14-4-2-7-20-17(14)15/h1-8,13H,9-12H2,(H,21,22,23). The van der Waals surface area contributed by atoms with Gasteiger partial charge < -0.3 is 15.1 Å². The number of nitrogens with zero attached hydrogens (tertiary/aromatic N) is 5. The van der Waals surface area contributed by atoms with Gasteiger partial charge in [0.1, 0.15) is 5.69 Å². The summed E-state index contributed by atoms with van der Waals surface area (Å²) >= 11 is 0. The predicted octanol–water partition coefficient (Wildman–Crippen LogP) is 1.68. The van der Waals surface area contributed by atoms with Crippen molar-refractivity contribution in [3.05, 3.63) is 54.5 Å². The Bertz CT molecular complexity index is 979. The van der Waals surface area contributed by atoms with E-state index in [0.29, 0.717) is 37.8 Å². The van der Waals surface area contributed by atoms with E-state index in [1.165, 1.54) is 0 Å². The molecule has 0 unspecified atom stereocenters. The molecule has 27 heavy (non-hydrogen) atoms. The molecule has 3 heterocycles. The second kappa shape index (κ2) is 7.36. The summed E-state index contributed by atoms with van der Waals surface area (Å²) in [5, 5.41) is 4.15. The summed E-state index contributed by atoms with van der Waals surface area (Å²) in [4.78, 5) is 39.8. The highest BCUT2D eigenvalue weighted by molar-refractivity contribution is 5.93. The Kier molecular flexibility index (Phi) is 4.61. The lowest BCUT2D eigenvalue weighted by molar-refractivity contribution is -0.119. The van der Waals surface area contributed by atoms with Crippen LogP contribution in [0.3, 0.4) is 0 Å². The number of para-hydroxylation sites is 1. The number of hydrogen-bond donors (Lipinski definition) is 1. The summed E-state index contributed by atoms with van der Waals surface area (Å²) < 4.78 is 0. The van der Waals surface area contributed by atoms with Crippen LogP contribution in [0.2, 0.25) is 0 Å². The molecule has 2 aromatic heterocycles. The summed E-state index contributed by atoms with van der Waals surface area (Å²) in [7, 11) is 0. The van der Waals surface area contributed by atoms with E-state index in [1.54, 1.807) is 28.3 Å². The molecule has 0 spiro atoms. The maximum absolute atomic E-state index is 12.7. The zero-order valence-electron chi connectivity index (χ0n) is 14.6. The van der Waals surface area contributed by atoms with Crippen molar-refractivity contribution in [2.75, 3.05) is 31.5 Å². The molecule has 3 aromatic rings. The molecule has 0 radical (unpaired) electrons. The normalized spacial score (nSPS) is 14.2. The maximum Gasteiger partial charge on any atom is 0.272 e. The lowest BCUT2D eigenvalue weighted by Crippen LogP contribution is -2.48. The highest BCUT2D eigenvalue weighted by atomic mass is 16.2. The predicted molar refractivity (Wildman–Crippen MR) is 101 cm³/mol. The molecule has 1 aliphatic heterocycles. The fourth-order valence-corrected chi connectivity index (χ4v) is 3.06. The van der Waals surface area contributed by atoms with Gasteiger partial charge in [-0.25, -0.2) is 9.97 Å². The first-order valence-electron chi connectivity index (χ1n) is 8.67. The average molecular weight is 362 g/mol. The van der Waals surface area contributed by atoms with Crippen molar-refractivity contribution in [2.45, 2.75) is 0 Å².